The summed E-state index contributed by atoms with van der Waals surface area (Å²) in [5, 5.41) is 23.6. The fourth-order valence-electron chi connectivity index (χ4n) is 0.746. The second kappa shape index (κ2) is 4.88. The highest BCUT2D eigenvalue weighted by atomic mass is 16.2. The zero-order valence-corrected chi connectivity index (χ0v) is 7.27. The van der Waals surface area contributed by atoms with Crippen LogP contribution in [0.4, 0.5) is 0 Å². The topological polar surface area (TPSA) is 133 Å². The van der Waals surface area contributed by atoms with Crippen molar-refractivity contribution in [1.82, 2.24) is 25.9 Å². The van der Waals surface area contributed by atoms with E-state index in [-0.39, 0.29) is 13.0 Å². The van der Waals surface area contributed by atoms with E-state index in [9.17, 15) is 4.79 Å². The van der Waals surface area contributed by atoms with E-state index in [1.807, 2.05) is 0 Å². The van der Waals surface area contributed by atoms with E-state index >= 15 is 0 Å². The van der Waals surface area contributed by atoms with Crippen LogP contribution in [0.5, 0.6) is 0 Å². The standard InChI is InChI=1S/C6H9N7O/c7-2-1-4(8)6(14)9-3-5-10-12-13-11-5/h4H,1,3,8H2,(H,9,14)(H,10,11,12,13). The number of nitrogens with two attached hydrogens (primary N) is 1. The first-order chi connectivity index (χ1) is 6.74. The van der Waals surface area contributed by atoms with Crippen LogP contribution >= 0.6 is 0 Å². The van der Waals surface area contributed by atoms with Gasteiger partial charge in [0.05, 0.1) is 25.1 Å². The van der Waals surface area contributed by atoms with Crippen molar-refractivity contribution < 1.29 is 4.79 Å². The molecule has 0 saturated heterocycles. The van der Waals surface area contributed by atoms with Gasteiger partial charge in [0.25, 0.3) is 0 Å². The van der Waals surface area contributed by atoms with E-state index in [1.165, 1.54) is 0 Å². The van der Waals surface area contributed by atoms with Crippen LogP contribution in [0.25, 0.3) is 0 Å². The third-order valence-electron chi connectivity index (χ3n) is 1.46. The predicted molar refractivity (Wildman–Crippen MR) is 44.2 cm³/mol. The molecule has 0 aliphatic rings. The van der Waals surface area contributed by atoms with Crippen LogP contribution in [-0.4, -0.2) is 32.6 Å². The number of aromatic amines is 1. The van der Waals surface area contributed by atoms with Crippen molar-refractivity contribution in [2.45, 2.75) is 19.0 Å². The average Bonchev–Trinajstić information content (AvgIpc) is 2.67. The first-order valence-electron chi connectivity index (χ1n) is 3.86. The molecule has 1 aromatic heterocycles. The van der Waals surface area contributed by atoms with Crippen LogP contribution in [0.15, 0.2) is 0 Å². The molecule has 74 valence electrons. The maximum absolute atomic E-state index is 11.2. The zero-order valence-electron chi connectivity index (χ0n) is 7.27. The Morgan fingerprint density at radius 2 is 2.57 bits per heavy atom. The lowest BCUT2D eigenvalue weighted by molar-refractivity contribution is -0.122. The Kier molecular flexibility index (Phi) is 3.51. The van der Waals surface area contributed by atoms with Gasteiger partial charge < -0.3 is 11.1 Å². The summed E-state index contributed by atoms with van der Waals surface area (Å²) in [5.41, 5.74) is 5.37. The zero-order chi connectivity index (χ0) is 10.4. The lowest BCUT2D eigenvalue weighted by atomic mass is 10.2. The van der Waals surface area contributed by atoms with Gasteiger partial charge in [0, 0.05) is 0 Å². The number of hydrogen-bond donors (Lipinski definition) is 3. The van der Waals surface area contributed by atoms with Gasteiger partial charge in [0.15, 0.2) is 5.82 Å². The molecule has 8 nitrogen and oxygen atoms in total. The SMILES string of the molecule is N#CCC(N)C(=O)NCc1nn[nH]n1. The molecule has 0 aromatic carbocycles. The summed E-state index contributed by atoms with van der Waals surface area (Å²) in [6.45, 7) is 0.147. The number of aromatic nitrogens is 4. The summed E-state index contributed by atoms with van der Waals surface area (Å²) >= 11 is 0. The molecule has 14 heavy (non-hydrogen) atoms. The second-order valence-electron chi connectivity index (χ2n) is 2.51. The number of hydrogen-bond acceptors (Lipinski definition) is 6. The molecule has 1 rings (SSSR count). The van der Waals surface area contributed by atoms with E-state index in [1.54, 1.807) is 6.07 Å². The van der Waals surface area contributed by atoms with Gasteiger partial charge in [-0.05, 0) is 0 Å². The molecule has 0 bridgehead atoms. The predicted octanol–water partition coefficient (Wildman–Crippen LogP) is -1.94. The fraction of sp³-hybridized carbons (Fsp3) is 0.500. The van der Waals surface area contributed by atoms with Crippen LogP contribution in [0.3, 0.4) is 0 Å². The normalized spacial score (nSPS) is 11.7. The van der Waals surface area contributed by atoms with Crippen molar-refractivity contribution in [3.05, 3.63) is 5.82 Å². The number of amides is 1. The Morgan fingerprint density at radius 1 is 1.79 bits per heavy atom. The van der Waals surface area contributed by atoms with Crippen LogP contribution in [-0.2, 0) is 11.3 Å². The minimum absolute atomic E-state index is 0.0158. The highest BCUT2D eigenvalue weighted by molar-refractivity contribution is 5.81. The molecule has 1 aromatic rings. The van der Waals surface area contributed by atoms with E-state index < -0.39 is 11.9 Å². The monoisotopic (exact) mass is 195 g/mol. The quantitative estimate of drug-likeness (QED) is 0.511. The molecule has 1 atom stereocenters. The number of rotatable bonds is 4. The number of carbonyl (C=O) groups is 1. The number of carbonyl (C=O) groups excluding carboxylic acids is 1. The Labute approximate surface area is 79.5 Å². The molecule has 0 saturated carbocycles. The maximum atomic E-state index is 11.2. The largest absolute Gasteiger partial charge is 0.347 e. The van der Waals surface area contributed by atoms with E-state index in [2.05, 4.69) is 25.9 Å². The molecule has 0 fully saturated rings. The summed E-state index contributed by atoms with van der Waals surface area (Å²) in [5.74, 6) is -0.0427. The van der Waals surface area contributed by atoms with Crippen LogP contribution < -0.4 is 11.1 Å². The van der Waals surface area contributed by atoms with Crippen LogP contribution in [0.2, 0.25) is 0 Å². The summed E-state index contributed by atoms with van der Waals surface area (Å²) in [6, 6.07) is 0.993. The molecule has 1 heterocycles. The van der Waals surface area contributed by atoms with Gasteiger partial charge in [-0.2, -0.15) is 10.5 Å². The van der Waals surface area contributed by atoms with Gasteiger partial charge >= 0.3 is 0 Å². The summed E-state index contributed by atoms with van der Waals surface area (Å²) < 4.78 is 0. The number of H-pyrrole nitrogens is 1. The highest BCUT2D eigenvalue weighted by Crippen LogP contribution is 1.87. The van der Waals surface area contributed by atoms with Gasteiger partial charge in [-0.3, -0.25) is 4.79 Å². The van der Waals surface area contributed by atoms with Gasteiger partial charge in [-0.15, -0.1) is 10.2 Å². The maximum Gasteiger partial charge on any atom is 0.238 e. The Morgan fingerprint density at radius 3 is 3.14 bits per heavy atom. The van der Waals surface area contributed by atoms with Crippen molar-refractivity contribution in [2.24, 2.45) is 5.73 Å². The highest BCUT2D eigenvalue weighted by Gasteiger charge is 2.12. The molecule has 1 amide bonds. The Hall–Kier alpha value is -2.01. The molecule has 0 spiro atoms. The number of tetrazole rings is 1. The van der Waals surface area contributed by atoms with Crippen LogP contribution in [0, 0.1) is 11.3 Å². The van der Waals surface area contributed by atoms with E-state index in [4.69, 9.17) is 11.0 Å². The third kappa shape index (κ3) is 2.80. The molecule has 0 aliphatic carbocycles. The van der Waals surface area contributed by atoms with Gasteiger partial charge in [0.2, 0.25) is 5.91 Å². The Balaban J connectivity index is 2.32. The van der Waals surface area contributed by atoms with Gasteiger partial charge in [-0.1, -0.05) is 5.21 Å². The Bertz CT molecular complexity index is 326. The van der Waals surface area contributed by atoms with Gasteiger partial charge in [0.1, 0.15) is 0 Å². The van der Waals surface area contributed by atoms with E-state index in [0.717, 1.165) is 0 Å². The first kappa shape index (κ1) is 10.1. The number of nitrogens with zero attached hydrogens (tertiary/aromatic N) is 4. The molecule has 8 heteroatoms. The summed E-state index contributed by atoms with van der Waals surface area (Å²) in [6.07, 6.45) is -0.0158. The van der Waals surface area contributed by atoms with Gasteiger partial charge in [-0.25, -0.2) is 0 Å². The molecule has 0 aliphatic heterocycles. The molecule has 1 unspecified atom stereocenters. The average molecular weight is 195 g/mol. The van der Waals surface area contributed by atoms with Crippen molar-refractivity contribution in [3.63, 3.8) is 0 Å². The van der Waals surface area contributed by atoms with Crippen molar-refractivity contribution >= 4 is 5.91 Å². The second-order valence-corrected chi connectivity index (χ2v) is 2.51. The number of nitrogens with one attached hydrogen (secondary N) is 2. The van der Waals surface area contributed by atoms with E-state index in [0.29, 0.717) is 5.82 Å². The minimum Gasteiger partial charge on any atom is -0.347 e. The molecular weight excluding hydrogens is 186 g/mol. The van der Waals surface area contributed by atoms with Crippen molar-refractivity contribution in [2.75, 3.05) is 0 Å². The molecule has 4 N–H and O–H groups in total. The lowest BCUT2D eigenvalue weighted by Gasteiger charge is -2.06. The minimum atomic E-state index is -0.813. The third-order valence-corrected chi connectivity index (χ3v) is 1.46. The summed E-state index contributed by atoms with van der Waals surface area (Å²) in [7, 11) is 0. The van der Waals surface area contributed by atoms with Crippen molar-refractivity contribution in [1.29, 1.82) is 5.26 Å². The fourth-order valence-corrected chi connectivity index (χ4v) is 0.746. The van der Waals surface area contributed by atoms with Crippen molar-refractivity contribution in [3.8, 4) is 6.07 Å². The molecular formula is C6H9N7O. The first-order valence-corrected chi connectivity index (χ1v) is 3.86. The van der Waals surface area contributed by atoms with Crippen LogP contribution in [0.1, 0.15) is 12.2 Å². The summed E-state index contributed by atoms with van der Waals surface area (Å²) in [4.78, 5) is 11.2. The smallest absolute Gasteiger partial charge is 0.238 e. The lowest BCUT2D eigenvalue weighted by Crippen LogP contribution is -2.40. The molecule has 0 radical (unpaired) electrons. The number of nitriles is 1.